The second kappa shape index (κ2) is 21.8. The van der Waals surface area contributed by atoms with E-state index in [-0.39, 0.29) is 64.0 Å². The largest absolute Gasteiger partial charge is 0.504 e. The number of cyclic esters (lactones) is 2. The number of nitrogens with zero attached hydrogens (tertiary/aromatic N) is 5. The predicted molar refractivity (Wildman–Crippen MR) is 229 cm³/mol. The van der Waals surface area contributed by atoms with Crippen molar-refractivity contribution in [1.29, 1.82) is 0 Å². The molecule has 2 saturated heterocycles. The number of azide groups is 1. The lowest BCUT2D eigenvalue weighted by molar-refractivity contribution is 0.144. The molecule has 2 atom stereocenters. The molecule has 2 aliphatic rings. The first-order valence-electron chi connectivity index (χ1n) is 18.8. The number of aryl methyl sites for hydroxylation is 2. The number of amides is 2. The fraction of sp³-hybridized carbons (Fsp3) is 0.289. The average Bonchev–Trinajstić information content (AvgIpc) is 3.83. The molecule has 2 aliphatic heterocycles. The highest BCUT2D eigenvalue weighted by atomic mass is 19.1. The number of hydrogen-bond donors (Lipinski definition) is 2. The van der Waals surface area contributed by atoms with Crippen LogP contribution in [0.5, 0.6) is 34.5 Å². The van der Waals surface area contributed by atoms with E-state index in [9.17, 15) is 23.5 Å². The van der Waals surface area contributed by atoms with Crippen LogP contribution in [-0.2, 0) is 28.9 Å². The number of anilines is 2. The lowest BCUT2D eigenvalue weighted by Crippen LogP contribution is -2.27. The molecule has 2 amide bonds. The molecule has 0 spiro atoms. The van der Waals surface area contributed by atoms with Gasteiger partial charge in [0.25, 0.3) is 0 Å². The van der Waals surface area contributed by atoms with Gasteiger partial charge in [-0.15, -0.1) is 0 Å². The van der Waals surface area contributed by atoms with Gasteiger partial charge in [-0.25, -0.2) is 18.4 Å². The zero-order valence-electron chi connectivity index (χ0n) is 32.3. The van der Waals surface area contributed by atoms with Crippen molar-refractivity contribution in [1.82, 2.24) is 0 Å². The molecule has 0 saturated carbocycles. The molecule has 2 heterocycles. The van der Waals surface area contributed by atoms with E-state index in [0.717, 1.165) is 29.5 Å². The van der Waals surface area contributed by atoms with Crippen LogP contribution in [0.25, 0.3) is 10.4 Å². The predicted octanol–water partition coefficient (Wildman–Crippen LogP) is 10.8. The summed E-state index contributed by atoms with van der Waals surface area (Å²) in [5, 5.41) is 13.4. The van der Waals surface area contributed by atoms with Crippen LogP contribution < -0.4 is 29.7 Å². The Hall–Kier alpha value is -7.03. The molecule has 0 aromatic heterocycles. The Balaban J connectivity index is 0.000000271. The van der Waals surface area contributed by atoms with Gasteiger partial charge >= 0.3 is 12.2 Å². The van der Waals surface area contributed by atoms with Crippen molar-refractivity contribution in [2.75, 3.05) is 36.0 Å². The summed E-state index contributed by atoms with van der Waals surface area (Å²) >= 11 is 0. The fourth-order valence-corrected chi connectivity index (χ4v) is 6.10. The van der Waals surface area contributed by atoms with Crippen LogP contribution in [0, 0.1) is 11.6 Å². The van der Waals surface area contributed by atoms with Gasteiger partial charge in [0.15, 0.2) is 46.1 Å². The van der Waals surface area contributed by atoms with Gasteiger partial charge in [0.05, 0.1) is 31.0 Å². The zero-order chi connectivity index (χ0) is 41.9. The van der Waals surface area contributed by atoms with Gasteiger partial charge in [-0.3, -0.25) is 9.80 Å². The molecule has 3 N–H and O–H groups in total. The van der Waals surface area contributed by atoms with Crippen molar-refractivity contribution in [3.63, 3.8) is 0 Å². The molecular weight excluding hydrogens is 791 g/mol. The molecule has 16 heteroatoms. The fourth-order valence-electron chi connectivity index (χ4n) is 6.10. The van der Waals surface area contributed by atoms with Crippen LogP contribution >= 0.6 is 0 Å². The summed E-state index contributed by atoms with van der Waals surface area (Å²) in [5.74, 6) is -0.352. The van der Waals surface area contributed by atoms with E-state index in [0.29, 0.717) is 29.5 Å². The van der Waals surface area contributed by atoms with Crippen LogP contribution in [0.15, 0.2) is 108 Å². The van der Waals surface area contributed by atoms with Crippen molar-refractivity contribution in [2.24, 2.45) is 10.8 Å². The molecular formula is C45H50F2N6O8. The number of hydrogen-bond acceptors (Lipinski definition) is 10. The summed E-state index contributed by atoms with van der Waals surface area (Å²) in [4.78, 5) is 29.2. The second-order valence-electron chi connectivity index (χ2n) is 13.4. The number of aromatic hydroxyl groups is 1. The molecule has 0 aliphatic carbocycles. The summed E-state index contributed by atoms with van der Waals surface area (Å²) in [6, 6.07) is 28.6. The van der Waals surface area contributed by atoms with Gasteiger partial charge in [-0.2, -0.15) is 0 Å². The first-order valence-corrected chi connectivity index (χ1v) is 18.8. The molecule has 322 valence electrons. The van der Waals surface area contributed by atoms with Gasteiger partial charge in [0.2, 0.25) is 0 Å². The number of carbonyl (C=O) groups is 2. The van der Waals surface area contributed by atoms with Crippen LogP contribution in [0.1, 0.15) is 45.4 Å². The molecule has 5 aromatic rings. The first kappa shape index (κ1) is 46.7. The number of nitrogens with two attached hydrogens (primary N) is 1. The van der Waals surface area contributed by atoms with E-state index >= 15 is 0 Å². The maximum absolute atomic E-state index is 14.9. The normalized spacial score (nSPS) is 15.2. The summed E-state index contributed by atoms with van der Waals surface area (Å²) in [7, 11) is 0. The van der Waals surface area contributed by atoms with Gasteiger partial charge in [-0.05, 0) is 83.6 Å². The minimum atomic E-state index is -0.652. The second-order valence-corrected chi connectivity index (χ2v) is 13.4. The summed E-state index contributed by atoms with van der Waals surface area (Å²) in [5.41, 5.74) is 17.6. The highest BCUT2D eigenvalue weighted by molar-refractivity contribution is 5.90. The van der Waals surface area contributed by atoms with Crippen molar-refractivity contribution < 1.29 is 47.2 Å². The third-order valence-electron chi connectivity index (χ3n) is 9.34. The van der Waals surface area contributed by atoms with Crippen LogP contribution in [0.2, 0.25) is 0 Å². The van der Waals surface area contributed by atoms with E-state index in [1.54, 1.807) is 36.4 Å². The Kier molecular flexibility index (Phi) is 16.7. The van der Waals surface area contributed by atoms with E-state index in [2.05, 4.69) is 10.0 Å². The van der Waals surface area contributed by atoms with Gasteiger partial charge in [0, 0.05) is 23.6 Å². The SMILES string of the molecule is C.C.CCc1ccc(Oc2ccc(N3CC(CN)OC3=O)cc2F)c(O)c1.CCc1ccc(Oc2ccc(N3CC(CN=[N+]=[N-])OC3=O)cc2F)c(OCc2ccccc2)c1. The van der Waals surface area contributed by atoms with E-state index in [4.69, 9.17) is 34.9 Å². The number of carbonyl (C=O) groups excluding carboxylic acids is 2. The topological polar surface area (TPSA) is 182 Å². The van der Waals surface area contributed by atoms with E-state index < -0.39 is 36.0 Å². The third-order valence-corrected chi connectivity index (χ3v) is 9.34. The number of phenolic OH excluding ortho intramolecular Hbond substituents is 1. The molecule has 2 fully saturated rings. The quantitative estimate of drug-likeness (QED) is 0.0624. The maximum Gasteiger partial charge on any atom is 0.414 e. The first-order chi connectivity index (χ1) is 28.6. The van der Waals surface area contributed by atoms with Gasteiger partial charge in [-0.1, -0.05) is 76.3 Å². The lowest BCUT2D eigenvalue weighted by atomic mass is 10.1. The average molecular weight is 841 g/mol. The van der Waals surface area contributed by atoms with Crippen molar-refractivity contribution in [3.8, 4) is 34.5 Å². The minimum Gasteiger partial charge on any atom is -0.504 e. The molecule has 14 nitrogen and oxygen atoms in total. The third kappa shape index (κ3) is 11.8. The summed E-state index contributed by atoms with van der Waals surface area (Å²) in [6.07, 6.45) is -0.580. The van der Waals surface area contributed by atoms with Gasteiger partial charge in [0.1, 0.15) is 18.8 Å². The number of benzene rings is 5. The van der Waals surface area contributed by atoms with Crippen molar-refractivity contribution in [2.45, 2.75) is 60.4 Å². The molecule has 2 unspecified atom stereocenters. The Morgan fingerprint density at radius 1 is 0.721 bits per heavy atom. The lowest BCUT2D eigenvalue weighted by Gasteiger charge is -2.16. The zero-order valence-corrected chi connectivity index (χ0v) is 32.3. The number of rotatable bonds is 14. The van der Waals surface area contributed by atoms with Crippen molar-refractivity contribution in [3.05, 3.63) is 142 Å². The number of phenols is 1. The van der Waals surface area contributed by atoms with Crippen LogP contribution in [-0.4, -0.2) is 55.7 Å². The Morgan fingerprint density at radius 2 is 1.25 bits per heavy atom. The number of ether oxygens (including phenoxy) is 5. The molecule has 5 aromatic carbocycles. The van der Waals surface area contributed by atoms with E-state index in [1.807, 2.05) is 56.3 Å². The number of halogens is 2. The van der Waals surface area contributed by atoms with Crippen molar-refractivity contribution >= 4 is 23.6 Å². The molecule has 0 bridgehead atoms. The molecule has 7 rings (SSSR count). The highest BCUT2D eigenvalue weighted by Gasteiger charge is 2.33. The Labute approximate surface area is 353 Å². The summed E-state index contributed by atoms with van der Waals surface area (Å²) in [6.45, 7) is 5.00. The summed E-state index contributed by atoms with van der Waals surface area (Å²) < 4.78 is 56.8. The smallest absolute Gasteiger partial charge is 0.414 e. The Morgan fingerprint density at radius 3 is 1.77 bits per heavy atom. The maximum atomic E-state index is 14.9. The highest BCUT2D eigenvalue weighted by Crippen LogP contribution is 2.37. The van der Waals surface area contributed by atoms with Crippen LogP contribution in [0.4, 0.5) is 29.7 Å². The molecule has 61 heavy (non-hydrogen) atoms. The Bertz CT molecular complexity index is 2330. The monoisotopic (exact) mass is 840 g/mol. The standard InChI is InChI=1S/C25H23FN4O4.C18H19FN2O4.2CH4/c1-2-17-8-10-23(24(12-17)32-16-18-6-4-3-5-7-18)34-22-11-9-19(13-21(22)26)30-15-20(14-28-29-27)33-25(30)31;1-2-11-3-5-17(15(22)7-11)25-16-6-4-12(8-14(16)19)21-10-13(9-20)24-18(21)23;;/h3-13,20H,2,14-16H2,1H3;3-8,13,22H,2,9-10,20H2,1H3;2*1H4. The molecule has 0 radical (unpaired) electrons. The van der Waals surface area contributed by atoms with E-state index in [1.165, 1.54) is 34.1 Å². The van der Waals surface area contributed by atoms with Gasteiger partial charge < -0.3 is 34.5 Å². The van der Waals surface area contributed by atoms with Crippen LogP contribution in [0.3, 0.4) is 0 Å². The minimum absolute atomic E-state index is 0.